The number of rotatable bonds is 7. The molecule has 0 radical (unpaired) electrons. The van der Waals surface area contributed by atoms with Gasteiger partial charge < -0.3 is 4.98 Å². The Bertz CT molecular complexity index is 1160. The summed E-state index contributed by atoms with van der Waals surface area (Å²) in [4.78, 5) is 20.6. The maximum absolute atomic E-state index is 14.6. The van der Waals surface area contributed by atoms with Crippen molar-refractivity contribution in [2.24, 2.45) is 0 Å². The van der Waals surface area contributed by atoms with Gasteiger partial charge in [0, 0.05) is 17.6 Å². The Hall–Kier alpha value is -2.94. The van der Waals surface area contributed by atoms with E-state index in [1.165, 1.54) is 19.1 Å². The lowest BCUT2D eigenvalue weighted by Crippen LogP contribution is -2.24. The Balaban J connectivity index is 1.79. The summed E-state index contributed by atoms with van der Waals surface area (Å²) in [7, 11) is -3.57. The number of H-pyrrole nitrogens is 1. The summed E-state index contributed by atoms with van der Waals surface area (Å²) in [6, 6.07) is 8.05. The zero-order valence-electron chi connectivity index (χ0n) is 15.1. The molecule has 9 heteroatoms. The molecular formula is C19H19FN4O3S. The third kappa shape index (κ3) is 3.45. The van der Waals surface area contributed by atoms with Crippen LogP contribution in [0.1, 0.15) is 19.8 Å². The Morgan fingerprint density at radius 1 is 1.32 bits per heavy atom. The summed E-state index contributed by atoms with van der Waals surface area (Å²) in [5.41, 5.74) is 1.76. The number of nitrogens with one attached hydrogen (secondary N) is 2. The predicted molar refractivity (Wildman–Crippen MR) is 106 cm³/mol. The SMILES string of the molecule is CCS(=O)(=O)Nc1ccc(-c2cc(N(C=O)C3CC3)nc3[nH]ccc23)cc1F. The number of anilines is 2. The summed E-state index contributed by atoms with van der Waals surface area (Å²) in [5, 5.41) is 0.784. The van der Waals surface area contributed by atoms with Crippen LogP contribution >= 0.6 is 0 Å². The Morgan fingerprint density at radius 3 is 2.75 bits per heavy atom. The largest absolute Gasteiger partial charge is 0.346 e. The predicted octanol–water partition coefficient (Wildman–Crippen LogP) is 3.26. The lowest BCUT2D eigenvalue weighted by atomic mass is 10.0. The molecule has 1 amide bonds. The average molecular weight is 402 g/mol. The standard InChI is InChI=1S/C19H19FN4O3S/c1-2-28(26,27)23-17-6-3-12(9-16(17)20)15-10-18(24(11-25)13-4-5-13)22-19-14(15)7-8-21-19/h3,6-11,13,23H,2,4-5H2,1H3,(H,21,22). The highest BCUT2D eigenvalue weighted by atomic mass is 32.2. The minimum atomic E-state index is -3.57. The van der Waals surface area contributed by atoms with Crippen molar-refractivity contribution in [1.82, 2.24) is 9.97 Å². The van der Waals surface area contributed by atoms with E-state index in [-0.39, 0.29) is 17.5 Å². The van der Waals surface area contributed by atoms with Gasteiger partial charge in [0.15, 0.2) is 0 Å². The van der Waals surface area contributed by atoms with Crippen molar-refractivity contribution in [1.29, 1.82) is 0 Å². The van der Waals surface area contributed by atoms with Crippen molar-refractivity contribution < 1.29 is 17.6 Å². The molecule has 0 unspecified atom stereocenters. The summed E-state index contributed by atoms with van der Waals surface area (Å²) < 4.78 is 40.2. The molecule has 0 saturated heterocycles. The maximum Gasteiger partial charge on any atom is 0.232 e. The van der Waals surface area contributed by atoms with E-state index in [9.17, 15) is 17.6 Å². The molecule has 2 aromatic heterocycles. The van der Waals surface area contributed by atoms with E-state index >= 15 is 0 Å². The molecule has 4 rings (SSSR count). The Kier molecular flexibility index (Phi) is 4.54. The van der Waals surface area contributed by atoms with Crippen LogP contribution in [0.25, 0.3) is 22.2 Å². The van der Waals surface area contributed by atoms with E-state index < -0.39 is 15.8 Å². The number of carbonyl (C=O) groups is 1. The van der Waals surface area contributed by atoms with Crippen molar-refractivity contribution in [2.75, 3.05) is 15.4 Å². The van der Waals surface area contributed by atoms with Crippen molar-refractivity contribution >= 4 is 39.0 Å². The second-order valence-electron chi connectivity index (χ2n) is 6.71. The average Bonchev–Trinajstić information content (AvgIpc) is 3.39. The molecule has 1 aliphatic carbocycles. The van der Waals surface area contributed by atoms with Crippen molar-refractivity contribution in [2.45, 2.75) is 25.8 Å². The zero-order valence-corrected chi connectivity index (χ0v) is 16.0. The van der Waals surface area contributed by atoms with Gasteiger partial charge in [0.25, 0.3) is 0 Å². The molecule has 1 saturated carbocycles. The minimum Gasteiger partial charge on any atom is -0.346 e. The summed E-state index contributed by atoms with van der Waals surface area (Å²) in [6.07, 6.45) is 4.36. The molecule has 3 aromatic rings. The highest BCUT2D eigenvalue weighted by Gasteiger charge is 2.30. The first kappa shape index (κ1) is 18.4. The van der Waals surface area contributed by atoms with E-state index in [0.717, 1.165) is 24.6 Å². The molecule has 7 nitrogen and oxygen atoms in total. The third-order valence-corrected chi connectivity index (χ3v) is 6.05. The van der Waals surface area contributed by atoms with Crippen LogP contribution in [-0.4, -0.2) is 36.6 Å². The number of aromatic amines is 1. The van der Waals surface area contributed by atoms with Gasteiger partial charge in [-0.05, 0) is 55.2 Å². The number of fused-ring (bicyclic) bond motifs is 1. The van der Waals surface area contributed by atoms with Gasteiger partial charge in [-0.15, -0.1) is 0 Å². The number of benzene rings is 1. The molecule has 0 atom stereocenters. The molecule has 2 heterocycles. The van der Waals surface area contributed by atoms with Crippen LogP contribution in [0, 0.1) is 5.82 Å². The zero-order chi connectivity index (χ0) is 19.9. The number of carbonyl (C=O) groups excluding carboxylic acids is 1. The lowest BCUT2D eigenvalue weighted by Gasteiger charge is -2.17. The van der Waals surface area contributed by atoms with Gasteiger partial charge in [0.05, 0.1) is 11.4 Å². The second kappa shape index (κ2) is 6.90. The molecule has 1 fully saturated rings. The number of amides is 1. The highest BCUT2D eigenvalue weighted by Crippen LogP contribution is 2.36. The fourth-order valence-corrected chi connectivity index (χ4v) is 3.73. The highest BCUT2D eigenvalue weighted by molar-refractivity contribution is 7.92. The quantitative estimate of drug-likeness (QED) is 0.593. The molecule has 0 aliphatic heterocycles. The van der Waals surface area contributed by atoms with Gasteiger partial charge in [0.1, 0.15) is 17.3 Å². The van der Waals surface area contributed by atoms with Crippen LogP contribution in [0.2, 0.25) is 0 Å². The van der Waals surface area contributed by atoms with Gasteiger partial charge in [-0.25, -0.2) is 17.8 Å². The molecule has 2 N–H and O–H groups in total. The van der Waals surface area contributed by atoms with Gasteiger partial charge in [0.2, 0.25) is 16.4 Å². The van der Waals surface area contributed by atoms with Gasteiger partial charge in [-0.2, -0.15) is 0 Å². The van der Waals surface area contributed by atoms with Crippen molar-refractivity contribution in [3.05, 3.63) is 42.3 Å². The Labute approximate surface area is 161 Å². The third-order valence-electron chi connectivity index (χ3n) is 4.76. The van der Waals surface area contributed by atoms with Crippen molar-refractivity contribution in [3.63, 3.8) is 0 Å². The van der Waals surface area contributed by atoms with Gasteiger partial charge in [-0.1, -0.05) is 6.07 Å². The molecular weight excluding hydrogens is 383 g/mol. The number of nitrogens with zero attached hydrogens (tertiary/aromatic N) is 2. The monoisotopic (exact) mass is 402 g/mol. The first-order valence-electron chi connectivity index (χ1n) is 8.94. The molecule has 1 aliphatic rings. The molecule has 28 heavy (non-hydrogen) atoms. The van der Waals surface area contributed by atoms with E-state index in [2.05, 4.69) is 14.7 Å². The van der Waals surface area contributed by atoms with Crippen LogP contribution in [-0.2, 0) is 14.8 Å². The summed E-state index contributed by atoms with van der Waals surface area (Å²) >= 11 is 0. The normalized spacial score (nSPS) is 14.2. The molecule has 1 aromatic carbocycles. The number of hydrogen-bond donors (Lipinski definition) is 2. The topological polar surface area (TPSA) is 95.2 Å². The number of pyridine rings is 1. The molecule has 146 valence electrons. The van der Waals surface area contributed by atoms with Crippen LogP contribution in [0.3, 0.4) is 0 Å². The van der Waals surface area contributed by atoms with Crippen LogP contribution in [0.4, 0.5) is 15.9 Å². The fourth-order valence-electron chi connectivity index (χ4n) is 3.08. The van der Waals surface area contributed by atoms with Crippen LogP contribution < -0.4 is 9.62 Å². The molecule has 0 spiro atoms. The minimum absolute atomic E-state index is 0.0994. The number of halogens is 1. The van der Waals surface area contributed by atoms with E-state index in [1.807, 2.05) is 6.07 Å². The van der Waals surface area contributed by atoms with E-state index in [1.54, 1.807) is 23.2 Å². The molecule has 0 bridgehead atoms. The fraction of sp³-hybridized carbons (Fsp3) is 0.263. The van der Waals surface area contributed by atoms with Gasteiger partial charge >= 0.3 is 0 Å². The Morgan fingerprint density at radius 2 is 2.11 bits per heavy atom. The van der Waals surface area contributed by atoms with E-state index in [0.29, 0.717) is 22.6 Å². The summed E-state index contributed by atoms with van der Waals surface area (Å²) in [6.45, 7) is 1.48. The number of sulfonamides is 1. The number of aromatic nitrogens is 2. The van der Waals surface area contributed by atoms with Crippen molar-refractivity contribution in [3.8, 4) is 11.1 Å². The first-order chi connectivity index (χ1) is 13.4. The smallest absolute Gasteiger partial charge is 0.232 e. The maximum atomic E-state index is 14.6. The van der Waals surface area contributed by atoms with Gasteiger partial charge in [-0.3, -0.25) is 14.4 Å². The van der Waals surface area contributed by atoms with Crippen LogP contribution in [0.5, 0.6) is 0 Å². The lowest BCUT2D eigenvalue weighted by molar-refractivity contribution is -0.107. The second-order valence-corrected chi connectivity index (χ2v) is 8.72. The van der Waals surface area contributed by atoms with E-state index in [4.69, 9.17) is 0 Å². The summed E-state index contributed by atoms with van der Waals surface area (Å²) in [5.74, 6) is -0.321. The first-order valence-corrected chi connectivity index (χ1v) is 10.6. The van der Waals surface area contributed by atoms with Crippen LogP contribution in [0.15, 0.2) is 36.5 Å². The number of hydrogen-bond acceptors (Lipinski definition) is 4.